The lowest BCUT2D eigenvalue weighted by atomic mass is 10.1. The van der Waals surface area contributed by atoms with Crippen LogP contribution in [0, 0.1) is 0 Å². The highest BCUT2D eigenvalue weighted by Crippen LogP contribution is 2.25. The number of carbonyl (C=O) groups excluding carboxylic acids is 1. The molecule has 0 aliphatic carbocycles. The van der Waals surface area contributed by atoms with Crippen molar-refractivity contribution >= 4 is 33.0 Å². The van der Waals surface area contributed by atoms with Crippen LogP contribution in [0.25, 0.3) is 0 Å². The number of sulfonamides is 1. The van der Waals surface area contributed by atoms with Crippen molar-refractivity contribution in [1.29, 1.82) is 0 Å². The summed E-state index contributed by atoms with van der Waals surface area (Å²) in [6, 6.07) is 9.45. The first-order chi connectivity index (χ1) is 13.9. The molecule has 0 unspecified atom stereocenters. The number of nitrogens with zero attached hydrogens (tertiary/aromatic N) is 1. The van der Waals surface area contributed by atoms with Crippen LogP contribution in [0.3, 0.4) is 0 Å². The number of nitrogens with one attached hydrogen (secondary N) is 2. The van der Waals surface area contributed by atoms with Gasteiger partial charge in [-0.25, -0.2) is 13.1 Å². The van der Waals surface area contributed by atoms with Crippen molar-refractivity contribution in [3.8, 4) is 0 Å². The predicted molar refractivity (Wildman–Crippen MR) is 118 cm³/mol. The molecule has 0 spiro atoms. The maximum atomic E-state index is 12.8. The van der Waals surface area contributed by atoms with Crippen LogP contribution in [0.5, 0.6) is 0 Å². The lowest BCUT2D eigenvalue weighted by molar-refractivity contribution is -0.116. The average Bonchev–Trinajstić information content (AvgIpc) is 3.13. The van der Waals surface area contributed by atoms with Crippen molar-refractivity contribution < 1.29 is 13.2 Å². The maximum Gasteiger partial charge on any atom is 0.240 e. The molecule has 2 aromatic rings. The third kappa shape index (κ3) is 5.88. The minimum absolute atomic E-state index is 0.0200. The van der Waals surface area contributed by atoms with Crippen molar-refractivity contribution in [2.75, 3.05) is 18.4 Å². The molecule has 158 valence electrons. The van der Waals surface area contributed by atoms with E-state index in [2.05, 4.69) is 40.2 Å². The molecule has 8 heteroatoms. The van der Waals surface area contributed by atoms with Crippen molar-refractivity contribution in [3.63, 3.8) is 0 Å². The Morgan fingerprint density at radius 2 is 2.10 bits per heavy atom. The molecular formula is C21H29N3O3S2. The molecule has 0 saturated carbocycles. The van der Waals surface area contributed by atoms with Gasteiger partial charge in [-0.3, -0.25) is 9.69 Å². The van der Waals surface area contributed by atoms with Gasteiger partial charge < -0.3 is 5.32 Å². The Morgan fingerprint density at radius 1 is 1.28 bits per heavy atom. The second-order valence-corrected chi connectivity index (χ2v) is 10.2. The second-order valence-electron chi connectivity index (χ2n) is 7.43. The van der Waals surface area contributed by atoms with Crippen molar-refractivity contribution in [2.24, 2.45) is 0 Å². The Labute approximate surface area is 177 Å². The number of benzene rings is 1. The van der Waals surface area contributed by atoms with E-state index in [-0.39, 0.29) is 10.8 Å². The summed E-state index contributed by atoms with van der Waals surface area (Å²) in [5.41, 5.74) is 1.59. The summed E-state index contributed by atoms with van der Waals surface area (Å²) in [6.45, 7) is 6.14. The Hall–Kier alpha value is -1.74. The summed E-state index contributed by atoms with van der Waals surface area (Å²) in [7, 11) is -3.60. The van der Waals surface area contributed by atoms with Gasteiger partial charge in [0.05, 0.1) is 4.90 Å². The van der Waals surface area contributed by atoms with Crippen LogP contribution < -0.4 is 10.0 Å². The van der Waals surface area contributed by atoms with Crippen molar-refractivity contribution in [3.05, 3.63) is 46.2 Å². The van der Waals surface area contributed by atoms with E-state index < -0.39 is 10.0 Å². The lowest BCUT2D eigenvalue weighted by Crippen LogP contribution is -2.39. The molecule has 1 atom stereocenters. The molecule has 29 heavy (non-hydrogen) atoms. The highest BCUT2D eigenvalue weighted by molar-refractivity contribution is 7.89. The zero-order valence-electron chi connectivity index (χ0n) is 17.0. The fraction of sp³-hybridized carbons (Fsp3) is 0.476. The monoisotopic (exact) mass is 435 g/mol. The maximum absolute atomic E-state index is 12.8. The van der Waals surface area contributed by atoms with Gasteiger partial charge in [0.1, 0.15) is 0 Å². The first-order valence-electron chi connectivity index (χ1n) is 10.1. The van der Waals surface area contributed by atoms with Crippen LogP contribution in [0.4, 0.5) is 5.69 Å². The van der Waals surface area contributed by atoms with Gasteiger partial charge in [0, 0.05) is 42.7 Å². The van der Waals surface area contributed by atoms with Crippen LogP contribution in [0.1, 0.15) is 43.6 Å². The summed E-state index contributed by atoms with van der Waals surface area (Å²) in [5, 5.41) is 4.90. The molecule has 2 heterocycles. The number of anilines is 1. The van der Waals surface area contributed by atoms with Crippen LogP contribution in [0.2, 0.25) is 0 Å². The molecule has 0 saturated heterocycles. The summed E-state index contributed by atoms with van der Waals surface area (Å²) < 4.78 is 28.3. The number of hydrogen-bond donors (Lipinski definition) is 2. The van der Waals surface area contributed by atoms with Gasteiger partial charge >= 0.3 is 0 Å². The van der Waals surface area contributed by atoms with Crippen molar-refractivity contribution in [1.82, 2.24) is 9.62 Å². The largest absolute Gasteiger partial charge is 0.326 e. The molecule has 1 aliphatic rings. The smallest absolute Gasteiger partial charge is 0.240 e. The van der Waals surface area contributed by atoms with Crippen molar-refractivity contribution in [2.45, 2.75) is 57.0 Å². The summed E-state index contributed by atoms with van der Waals surface area (Å²) in [5.74, 6) is -0.0200. The number of rotatable bonds is 9. The molecule has 0 bridgehead atoms. The number of thiophene rings is 1. The molecule has 1 aromatic carbocycles. The zero-order chi connectivity index (χ0) is 20.9. The van der Waals surface area contributed by atoms with E-state index in [9.17, 15) is 13.2 Å². The van der Waals surface area contributed by atoms with E-state index in [1.54, 1.807) is 29.5 Å². The lowest BCUT2D eigenvalue weighted by Gasteiger charge is -2.28. The van der Waals surface area contributed by atoms with Gasteiger partial charge in [-0.15, -0.1) is 11.3 Å². The highest BCUT2D eigenvalue weighted by Gasteiger charge is 2.20. The molecule has 1 aromatic heterocycles. The van der Waals surface area contributed by atoms with Crippen LogP contribution in [-0.4, -0.2) is 38.4 Å². The zero-order valence-corrected chi connectivity index (χ0v) is 18.6. The topological polar surface area (TPSA) is 78.5 Å². The van der Waals surface area contributed by atoms with E-state index in [0.717, 1.165) is 24.9 Å². The quantitative estimate of drug-likeness (QED) is 0.631. The fourth-order valence-electron chi connectivity index (χ4n) is 3.44. The van der Waals surface area contributed by atoms with E-state index in [0.29, 0.717) is 37.7 Å². The third-order valence-electron chi connectivity index (χ3n) is 5.36. The fourth-order valence-corrected chi connectivity index (χ4v) is 5.24. The molecular weight excluding hydrogens is 406 g/mol. The molecule has 3 rings (SSSR count). The Balaban J connectivity index is 1.64. The van der Waals surface area contributed by atoms with Gasteiger partial charge in [-0.2, -0.15) is 0 Å². The van der Waals surface area contributed by atoms with Crippen LogP contribution in [-0.2, 0) is 27.8 Å². The highest BCUT2D eigenvalue weighted by atomic mass is 32.2. The van der Waals surface area contributed by atoms with Crippen LogP contribution >= 0.6 is 11.3 Å². The molecule has 1 amide bonds. The van der Waals surface area contributed by atoms with Gasteiger partial charge in [0.2, 0.25) is 15.9 Å². The molecule has 2 N–H and O–H groups in total. The summed E-state index contributed by atoms with van der Waals surface area (Å²) in [4.78, 5) is 15.5. The Morgan fingerprint density at radius 3 is 2.83 bits per heavy atom. The SMILES string of the molecule is CC[C@H](C)N(CCNS(=O)(=O)c1ccc2c(c1)CCCC(=O)N2)Cc1cccs1. The number of amides is 1. The normalized spacial score (nSPS) is 15.6. The molecule has 0 radical (unpaired) electrons. The minimum Gasteiger partial charge on any atom is -0.326 e. The number of hydrogen-bond acceptors (Lipinski definition) is 5. The van der Waals surface area contributed by atoms with Gasteiger partial charge in [-0.05, 0) is 61.4 Å². The standard InChI is InChI=1S/C21H29N3O3S2/c1-3-16(2)24(15-18-7-5-13-28-18)12-11-22-29(26,27)19-9-10-20-17(14-19)6-4-8-21(25)23-20/h5,7,9-10,13-14,16,22H,3-4,6,8,11-12,15H2,1-2H3,(H,23,25)/t16-/m0/s1. The Kier molecular flexibility index (Phi) is 7.45. The van der Waals surface area contributed by atoms with Crippen LogP contribution in [0.15, 0.2) is 40.6 Å². The Bertz CT molecular complexity index is 927. The number of fused-ring (bicyclic) bond motifs is 1. The number of carbonyl (C=O) groups is 1. The van der Waals surface area contributed by atoms with Gasteiger partial charge in [-0.1, -0.05) is 13.0 Å². The molecule has 6 nitrogen and oxygen atoms in total. The van der Waals surface area contributed by atoms with Gasteiger partial charge in [0.15, 0.2) is 0 Å². The van der Waals surface area contributed by atoms with E-state index >= 15 is 0 Å². The first-order valence-corrected chi connectivity index (χ1v) is 12.4. The molecule has 1 aliphatic heterocycles. The third-order valence-corrected chi connectivity index (χ3v) is 7.68. The minimum atomic E-state index is -3.60. The number of aryl methyl sites for hydroxylation is 1. The van der Waals surface area contributed by atoms with E-state index in [4.69, 9.17) is 0 Å². The van der Waals surface area contributed by atoms with Gasteiger partial charge in [0.25, 0.3) is 0 Å². The summed E-state index contributed by atoms with van der Waals surface area (Å²) >= 11 is 1.72. The first kappa shape index (κ1) is 22.0. The second kappa shape index (κ2) is 9.84. The van der Waals surface area contributed by atoms with E-state index in [1.807, 2.05) is 6.07 Å². The summed E-state index contributed by atoms with van der Waals surface area (Å²) in [6.07, 6.45) is 2.89. The predicted octanol–water partition coefficient (Wildman–Crippen LogP) is 3.60. The molecule has 0 fully saturated rings. The van der Waals surface area contributed by atoms with E-state index in [1.165, 1.54) is 4.88 Å². The average molecular weight is 436 g/mol.